The lowest BCUT2D eigenvalue weighted by Crippen LogP contribution is -2.37. The summed E-state index contributed by atoms with van der Waals surface area (Å²) >= 11 is 0. The SMILES string of the molecule is CCC(CC)([SiH2]OC(C)C)P(=O)(O)O. The van der Waals surface area contributed by atoms with Crippen LogP contribution in [-0.2, 0) is 8.99 Å². The van der Waals surface area contributed by atoms with E-state index in [1.165, 1.54) is 0 Å². The van der Waals surface area contributed by atoms with Crippen molar-refractivity contribution in [1.82, 2.24) is 0 Å². The maximum Gasteiger partial charge on any atom is 0.330 e. The van der Waals surface area contributed by atoms with Crippen molar-refractivity contribution in [2.24, 2.45) is 0 Å². The minimum absolute atomic E-state index is 0.0608. The minimum Gasteiger partial charge on any atom is -0.420 e. The Morgan fingerprint density at radius 2 is 1.79 bits per heavy atom. The van der Waals surface area contributed by atoms with Crippen LogP contribution >= 0.6 is 7.60 Å². The van der Waals surface area contributed by atoms with Crippen LogP contribution in [0.1, 0.15) is 40.5 Å². The van der Waals surface area contributed by atoms with Gasteiger partial charge in [0.05, 0.1) is 4.78 Å². The Bertz CT molecular complexity index is 209. The fourth-order valence-electron chi connectivity index (χ4n) is 1.27. The summed E-state index contributed by atoms with van der Waals surface area (Å²) in [5, 5.41) is 0. The van der Waals surface area contributed by atoms with E-state index in [4.69, 9.17) is 4.43 Å². The summed E-state index contributed by atoms with van der Waals surface area (Å²) in [4.78, 5) is 18.6. The van der Waals surface area contributed by atoms with Crippen molar-refractivity contribution < 1.29 is 18.8 Å². The molecule has 0 amide bonds. The maximum absolute atomic E-state index is 11.4. The zero-order valence-corrected chi connectivity index (χ0v) is 11.7. The highest BCUT2D eigenvalue weighted by Crippen LogP contribution is 2.53. The van der Waals surface area contributed by atoms with Gasteiger partial charge in [-0.1, -0.05) is 13.8 Å². The van der Waals surface area contributed by atoms with Crippen molar-refractivity contribution >= 4 is 17.4 Å². The molecule has 0 aliphatic heterocycles. The van der Waals surface area contributed by atoms with Gasteiger partial charge in [0.25, 0.3) is 0 Å². The molecule has 0 saturated carbocycles. The lowest BCUT2D eigenvalue weighted by atomic mass is 10.2. The molecule has 0 bridgehead atoms. The van der Waals surface area contributed by atoms with Crippen molar-refractivity contribution in [3.8, 4) is 0 Å². The minimum atomic E-state index is -4.03. The van der Waals surface area contributed by atoms with Gasteiger partial charge in [-0.3, -0.25) is 4.57 Å². The van der Waals surface area contributed by atoms with Gasteiger partial charge in [0.1, 0.15) is 0 Å². The summed E-state index contributed by atoms with van der Waals surface area (Å²) in [6.07, 6.45) is 1.05. The van der Waals surface area contributed by atoms with Crippen LogP contribution < -0.4 is 0 Å². The monoisotopic (exact) mass is 240 g/mol. The number of rotatable bonds is 6. The van der Waals surface area contributed by atoms with E-state index in [9.17, 15) is 14.4 Å². The second-order valence-corrected chi connectivity index (χ2v) is 8.44. The zero-order chi connectivity index (χ0) is 11.4. The molecule has 0 spiro atoms. The normalized spacial score (nSPS) is 14.5. The standard InChI is InChI=1S/C8H21O4PSi/c1-5-8(6-2,13(9,10)11)14-12-7(3)4/h7H,5-6,14H2,1-4H3,(H2,9,10,11). The van der Waals surface area contributed by atoms with Gasteiger partial charge < -0.3 is 14.2 Å². The molecule has 6 heteroatoms. The summed E-state index contributed by atoms with van der Waals surface area (Å²) < 4.78 is 16.0. The van der Waals surface area contributed by atoms with Crippen LogP contribution in [-0.4, -0.2) is 30.4 Å². The van der Waals surface area contributed by atoms with Crippen molar-refractivity contribution in [2.45, 2.75) is 51.4 Å². The van der Waals surface area contributed by atoms with Gasteiger partial charge in [0, 0.05) is 6.10 Å². The van der Waals surface area contributed by atoms with Gasteiger partial charge in [-0.05, 0) is 26.7 Å². The van der Waals surface area contributed by atoms with Crippen LogP contribution in [0.25, 0.3) is 0 Å². The van der Waals surface area contributed by atoms with E-state index >= 15 is 0 Å². The summed E-state index contributed by atoms with van der Waals surface area (Å²) in [5.41, 5.74) is 0. The maximum atomic E-state index is 11.4. The van der Waals surface area contributed by atoms with E-state index in [2.05, 4.69) is 0 Å². The third-order valence-electron chi connectivity index (χ3n) is 2.62. The average Bonchev–Trinajstić information content (AvgIpc) is 2.04. The lowest BCUT2D eigenvalue weighted by molar-refractivity contribution is 0.240. The summed E-state index contributed by atoms with van der Waals surface area (Å²) in [6, 6.07) is 0. The molecule has 0 aliphatic rings. The van der Waals surface area contributed by atoms with E-state index < -0.39 is 22.1 Å². The van der Waals surface area contributed by atoms with Crippen molar-refractivity contribution in [1.29, 1.82) is 0 Å². The Hall–Kier alpha value is 0.327. The van der Waals surface area contributed by atoms with Crippen molar-refractivity contribution in [3.63, 3.8) is 0 Å². The molecule has 14 heavy (non-hydrogen) atoms. The van der Waals surface area contributed by atoms with Crippen molar-refractivity contribution in [2.75, 3.05) is 0 Å². The first-order chi connectivity index (χ1) is 6.29. The van der Waals surface area contributed by atoms with Crippen molar-refractivity contribution in [3.05, 3.63) is 0 Å². The fourth-order valence-corrected chi connectivity index (χ4v) is 4.04. The molecule has 0 fully saturated rings. The lowest BCUT2D eigenvalue weighted by Gasteiger charge is -2.32. The van der Waals surface area contributed by atoms with Gasteiger partial charge in [0.2, 0.25) is 0 Å². The molecule has 0 aromatic carbocycles. The Morgan fingerprint density at radius 1 is 1.36 bits per heavy atom. The second kappa shape index (κ2) is 5.42. The van der Waals surface area contributed by atoms with Crippen LogP contribution in [0.2, 0.25) is 0 Å². The molecular weight excluding hydrogens is 219 g/mol. The Morgan fingerprint density at radius 3 is 2.00 bits per heavy atom. The predicted octanol–water partition coefficient (Wildman–Crippen LogP) is 1.19. The highest BCUT2D eigenvalue weighted by Gasteiger charge is 2.44. The summed E-state index contributed by atoms with van der Waals surface area (Å²) in [6.45, 7) is 7.42. The van der Waals surface area contributed by atoms with E-state index in [0.717, 1.165) is 0 Å². The van der Waals surface area contributed by atoms with E-state index in [-0.39, 0.29) is 6.10 Å². The van der Waals surface area contributed by atoms with Crippen LogP contribution in [0.15, 0.2) is 0 Å². The molecule has 86 valence electrons. The Labute approximate surface area is 88.2 Å². The largest absolute Gasteiger partial charge is 0.420 e. The van der Waals surface area contributed by atoms with Crippen LogP contribution in [0, 0.1) is 0 Å². The predicted molar refractivity (Wildman–Crippen MR) is 60.1 cm³/mol. The first-order valence-corrected chi connectivity index (χ1v) is 7.86. The Kier molecular flexibility index (Phi) is 5.55. The van der Waals surface area contributed by atoms with Gasteiger partial charge in [-0.15, -0.1) is 0 Å². The molecule has 4 nitrogen and oxygen atoms in total. The third kappa shape index (κ3) is 3.48. The number of hydrogen-bond donors (Lipinski definition) is 2. The molecule has 0 atom stereocenters. The third-order valence-corrected chi connectivity index (χ3v) is 8.48. The van der Waals surface area contributed by atoms with Crippen LogP contribution in [0.4, 0.5) is 0 Å². The van der Waals surface area contributed by atoms with E-state index in [1.807, 2.05) is 27.7 Å². The molecule has 0 saturated heterocycles. The summed E-state index contributed by atoms with van der Waals surface area (Å²) in [7, 11) is -5.22. The second-order valence-electron chi connectivity index (χ2n) is 3.84. The molecule has 0 radical (unpaired) electrons. The first-order valence-electron chi connectivity index (χ1n) is 4.96. The smallest absolute Gasteiger partial charge is 0.330 e. The molecule has 0 aromatic heterocycles. The zero-order valence-electron chi connectivity index (χ0n) is 9.36. The highest BCUT2D eigenvalue weighted by molar-refractivity contribution is 7.55. The van der Waals surface area contributed by atoms with E-state index in [1.54, 1.807) is 0 Å². The van der Waals surface area contributed by atoms with Gasteiger partial charge in [-0.25, -0.2) is 0 Å². The molecule has 0 rings (SSSR count). The van der Waals surface area contributed by atoms with Gasteiger partial charge >= 0.3 is 7.60 Å². The molecular formula is C8H21O4PSi. The fraction of sp³-hybridized carbons (Fsp3) is 1.00. The molecule has 0 aliphatic carbocycles. The Balaban J connectivity index is 4.64. The summed E-state index contributed by atoms with van der Waals surface area (Å²) in [5.74, 6) is 0. The van der Waals surface area contributed by atoms with Crippen LogP contribution in [0.3, 0.4) is 0 Å². The van der Waals surface area contributed by atoms with Gasteiger partial charge in [-0.2, -0.15) is 0 Å². The number of hydrogen-bond acceptors (Lipinski definition) is 2. The van der Waals surface area contributed by atoms with E-state index in [0.29, 0.717) is 12.8 Å². The molecule has 0 aromatic rings. The topological polar surface area (TPSA) is 66.8 Å². The molecule has 0 heterocycles. The van der Waals surface area contributed by atoms with Crippen LogP contribution in [0.5, 0.6) is 0 Å². The van der Waals surface area contributed by atoms with Gasteiger partial charge in [0.15, 0.2) is 9.76 Å². The molecule has 2 N–H and O–H groups in total. The highest BCUT2D eigenvalue weighted by atomic mass is 31.2. The molecule has 0 unspecified atom stereocenters. The average molecular weight is 240 g/mol. The first kappa shape index (κ1) is 14.3. The quantitative estimate of drug-likeness (QED) is 0.540.